The summed E-state index contributed by atoms with van der Waals surface area (Å²) in [6.45, 7) is 14.9. The first-order valence-corrected chi connectivity index (χ1v) is 6.04. The molecule has 2 nitrogen and oxygen atoms in total. The molecule has 0 amide bonds. The molecule has 1 N–H and O–H groups in total. The van der Waals surface area contributed by atoms with Crippen LogP contribution in [0.2, 0.25) is 0 Å². The average Bonchev–Trinajstić information content (AvgIpc) is 2.44. The highest BCUT2D eigenvalue weighted by molar-refractivity contribution is 5.00. The second kappa shape index (κ2) is 5.02. The molecule has 1 aliphatic heterocycles. The summed E-state index contributed by atoms with van der Waals surface area (Å²) >= 11 is 0. The summed E-state index contributed by atoms with van der Waals surface area (Å²) in [5.74, 6) is 1.16. The Kier molecular flexibility index (Phi) is 4.21. The molecule has 1 saturated heterocycles. The van der Waals surface area contributed by atoms with E-state index in [1.54, 1.807) is 0 Å². The highest BCUT2D eigenvalue weighted by atomic mass is 16.5. The van der Waals surface area contributed by atoms with Crippen LogP contribution in [0.4, 0.5) is 0 Å². The van der Waals surface area contributed by atoms with Gasteiger partial charge in [-0.15, -0.1) is 0 Å². The number of nitrogens with one attached hydrogen (secondary N) is 1. The van der Waals surface area contributed by atoms with Gasteiger partial charge in [-0.1, -0.05) is 33.8 Å². The highest BCUT2D eigenvalue weighted by Gasteiger charge is 2.41. The van der Waals surface area contributed by atoms with Gasteiger partial charge < -0.3 is 10.1 Å². The Hall–Kier alpha value is -0.500. The van der Waals surface area contributed by atoms with Crippen molar-refractivity contribution in [1.29, 1.82) is 0 Å². The van der Waals surface area contributed by atoms with Crippen LogP contribution in [-0.4, -0.2) is 18.2 Å². The van der Waals surface area contributed by atoms with Gasteiger partial charge in [0.2, 0.25) is 0 Å². The van der Waals surface area contributed by atoms with E-state index in [0.717, 1.165) is 5.70 Å². The van der Waals surface area contributed by atoms with E-state index in [-0.39, 0.29) is 0 Å². The molecule has 1 aliphatic rings. The van der Waals surface area contributed by atoms with Crippen molar-refractivity contribution in [3.8, 4) is 0 Å². The first-order chi connectivity index (χ1) is 6.97. The summed E-state index contributed by atoms with van der Waals surface area (Å²) in [5, 5.41) is 3.47. The predicted molar refractivity (Wildman–Crippen MR) is 64.7 cm³/mol. The lowest BCUT2D eigenvalue weighted by atomic mass is 9.89. The summed E-state index contributed by atoms with van der Waals surface area (Å²) in [6, 6.07) is 0.424. The fourth-order valence-electron chi connectivity index (χ4n) is 2.27. The first kappa shape index (κ1) is 12.6. The van der Waals surface area contributed by atoms with Gasteiger partial charge >= 0.3 is 0 Å². The standard InChI is InChI=1S/C13H25NO/c1-7-9(4)13-12(14-8(2)3)10(5)11(6)15-13/h9-14H,2,7H2,1,3-6H3. The molecule has 0 aliphatic carbocycles. The van der Waals surface area contributed by atoms with Crippen molar-refractivity contribution in [2.24, 2.45) is 11.8 Å². The van der Waals surface area contributed by atoms with Crippen LogP contribution < -0.4 is 5.32 Å². The van der Waals surface area contributed by atoms with Crippen LogP contribution in [0.25, 0.3) is 0 Å². The Balaban J connectivity index is 2.72. The Morgan fingerprint density at radius 1 is 1.47 bits per heavy atom. The Bertz CT molecular complexity index is 227. The Labute approximate surface area is 94.1 Å². The van der Waals surface area contributed by atoms with E-state index in [2.05, 4.69) is 39.6 Å². The molecule has 88 valence electrons. The van der Waals surface area contributed by atoms with Crippen LogP contribution in [0.15, 0.2) is 12.3 Å². The van der Waals surface area contributed by atoms with E-state index >= 15 is 0 Å². The van der Waals surface area contributed by atoms with Crippen molar-refractivity contribution in [1.82, 2.24) is 5.32 Å². The summed E-state index contributed by atoms with van der Waals surface area (Å²) < 4.78 is 6.04. The van der Waals surface area contributed by atoms with E-state index in [4.69, 9.17) is 4.74 Å². The van der Waals surface area contributed by atoms with Crippen molar-refractivity contribution >= 4 is 0 Å². The van der Waals surface area contributed by atoms with Crippen LogP contribution >= 0.6 is 0 Å². The largest absolute Gasteiger partial charge is 0.383 e. The van der Waals surface area contributed by atoms with Gasteiger partial charge in [-0.05, 0) is 19.8 Å². The third-order valence-corrected chi connectivity index (χ3v) is 3.65. The molecular formula is C13H25NO. The van der Waals surface area contributed by atoms with Crippen LogP contribution in [0.3, 0.4) is 0 Å². The quantitative estimate of drug-likeness (QED) is 0.772. The lowest BCUT2D eigenvalue weighted by Crippen LogP contribution is -2.42. The maximum atomic E-state index is 6.04. The van der Waals surface area contributed by atoms with Gasteiger partial charge in [-0.2, -0.15) is 0 Å². The van der Waals surface area contributed by atoms with Crippen LogP contribution in [-0.2, 0) is 4.74 Å². The average molecular weight is 211 g/mol. The zero-order chi connectivity index (χ0) is 11.6. The van der Waals surface area contributed by atoms with Crippen molar-refractivity contribution in [2.45, 2.75) is 59.3 Å². The van der Waals surface area contributed by atoms with Gasteiger partial charge in [0.15, 0.2) is 0 Å². The van der Waals surface area contributed by atoms with Gasteiger partial charge in [0.1, 0.15) is 0 Å². The Morgan fingerprint density at radius 2 is 2.07 bits per heavy atom. The zero-order valence-corrected chi connectivity index (χ0v) is 10.7. The van der Waals surface area contributed by atoms with E-state index in [1.807, 2.05) is 6.92 Å². The number of hydrogen-bond acceptors (Lipinski definition) is 2. The molecule has 5 unspecified atom stereocenters. The second-order valence-corrected chi connectivity index (χ2v) is 5.00. The van der Waals surface area contributed by atoms with Gasteiger partial charge in [0, 0.05) is 11.6 Å². The lowest BCUT2D eigenvalue weighted by Gasteiger charge is -2.27. The molecule has 1 fully saturated rings. The minimum atomic E-state index is 0.330. The van der Waals surface area contributed by atoms with Gasteiger partial charge in [-0.25, -0.2) is 0 Å². The molecule has 2 heteroatoms. The third kappa shape index (κ3) is 2.75. The molecule has 5 atom stereocenters. The molecule has 15 heavy (non-hydrogen) atoms. The van der Waals surface area contributed by atoms with Crippen LogP contribution in [0.1, 0.15) is 41.0 Å². The van der Waals surface area contributed by atoms with Gasteiger partial charge in [0.05, 0.1) is 18.2 Å². The summed E-state index contributed by atoms with van der Waals surface area (Å²) in [5.41, 5.74) is 1.04. The SMILES string of the molecule is C=C(C)NC1C(C)C(C)OC1C(C)CC. The third-order valence-electron chi connectivity index (χ3n) is 3.65. The fraction of sp³-hybridized carbons (Fsp3) is 0.846. The molecular weight excluding hydrogens is 186 g/mol. The van der Waals surface area contributed by atoms with Crippen molar-refractivity contribution in [2.75, 3.05) is 0 Å². The van der Waals surface area contributed by atoms with Crippen molar-refractivity contribution < 1.29 is 4.74 Å². The molecule has 0 radical (unpaired) electrons. The molecule has 0 spiro atoms. The van der Waals surface area contributed by atoms with E-state index < -0.39 is 0 Å². The summed E-state index contributed by atoms with van der Waals surface area (Å²) in [4.78, 5) is 0. The molecule has 0 bridgehead atoms. The monoisotopic (exact) mass is 211 g/mol. The fourth-order valence-corrected chi connectivity index (χ4v) is 2.27. The number of rotatable bonds is 4. The van der Waals surface area contributed by atoms with E-state index in [0.29, 0.717) is 30.1 Å². The second-order valence-electron chi connectivity index (χ2n) is 5.00. The smallest absolute Gasteiger partial charge is 0.0808 e. The number of ether oxygens (including phenoxy) is 1. The normalized spacial score (nSPS) is 37.7. The van der Waals surface area contributed by atoms with E-state index in [9.17, 15) is 0 Å². The lowest BCUT2D eigenvalue weighted by molar-refractivity contribution is 0.0124. The number of hydrogen-bond donors (Lipinski definition) is 1. The minimum Gasteiger partial charge on any atom is -0.383 e. The van der Waals surface area contributed by atoms with Gasteiger partial charge in [-0.3, -0.25) is 0 Å². The maximum Gasteiger partial charge on any atom is 0.0808 e. The molecule has 0 aromatic carbocycles. The Morgan fingerprint density at radius 3 is 2.53 bits per heavy atom. The van der Waals surface area contributed by atoms with Crippen molar-refractivity contribution in [3.05, 3.63) is 12.3 Å². The topological polar surface area (TPSA) is 21.3 Å². The first-order valence-electron chi connectivity index (χ1n) is 6.04. The van der Waals surface area contributed by atoms with E-state index in [1.165, 1.54) is 6.42 Å². The molecule has 0 aromatic rings. The van der Waals surface area contributed by atoms with Crippen LogP contribution in [0, 0.1) is 11.8 Å². The maximum absolute atomic E-state index is 6.04. The summed E-state index contributed by atoms with van der Waals surface area (Å²) in [6.07, 6.45) is 1.84. The molecule has 0 aromatic heterocycles. The zero-order valence-electron chi connectivity index (χ0n) is 10.7. The van der Waals surface area contributed by atoms with Gasteiger partial charge in [0.25, 0.3) is 0 Å². The molecule has 1 rings (SSSR count). The number of allylic oxidation sites excluding steroid dienone is 1. The molecule has 1 heterocycles. The highest BCUT2D eigenvalue weighted by Crippen LogP contribution is 2.32. The minimum absolute atomic E-state index is 0.330. The van der Waals surface area contributed by atoms with Crippen LogP contribution in [0.5, 0.6) is 0 Å². The van der Waals surface area contributed by atoms with Crippen molar-refractivity contribution in [3.63, 3.8) is 0 Å². The molecule has 0 saturated carbocycles. The predicted octanol–water partition coefficient (Wildman–Crippen LogP) is 2.95. The summed E-state index contributed by atoms with van der Waals surface area (Å²) in [7, 11) is 0.